The Bertz CT molecular complexity index is 603. The van der Waals surface area contributed by atoms with Gasteiger partial charge >= 0.3 is 0 Å². The fourth-order valence-corrected chi connectivity index (χ4v) is 4.75. The molecule has 124 valence electrons. The molecule has 0 bridgehead atoms. The first-order chi connectivity index (χ1) is 10.4. The molecule has 1 saturated carbocycles. The maximum Gasteiger partial charge on any atom is 0.241 e. The summed E-state index contributed by atoms with van der Waals surface area (Å²) in [5.74, 6) is 0.724. The zero-order chi connectivity index (χ0) is 16.2. The van der Waals surface area contributed by atoms with Gasteiger partial charge in [-0.3, -0.25) is 0 Å². The molecule has 0 heterocycles. The smallest absolute Gasteiger partial charge is 0.241 e. The molecule has 0 aliphatic heterocycles. The quantitative estimate of drug-likeness (QED) is 0.918. The number of hydrogen-bond acceptors (Lipinski definition) is 3. The van der Waals surface area contributed by atoms with Gasteiger partial charge in [-0.2, -0.15) is 0 Å². The third-order valence-corrected chi connectivity index (χ3v) is 6.07. The summed E-state index contributed by atoms with van der Waals surface area (Å²) < 4.78 is 33.6. The molecule has 1 N–H and O–H groups in total. The molecular formula is C17H27NO3S. The lowest BCUT2D eigenvalue weighted by atomic mass is 9.97. The first kappa shape index (κ1) is 17.3. The first-order valence-corrected chi connectivity index (χ1v) is 9.60. The molecule has 0 aromatic heterocycles. The van der Waals surface area contributed by atoms with Crippen molar-refractivity contribution in [1.29, 1.82) is 0 Å². The van der Waals surface area contributed by atoms with Crippen molar-refractivity contribution >= 4 is 10.0 Å². The molecule has 4 nitrogen and oxygen atoms in total. The van der Waals surface area contributed by atoms with E-state index in [4.69, 9.17) is 4.74 Å². The topological polar surface area (TPSA) is 55.4 Å². The molecular weight excluding hydrogens is 298 g/mol. The fourth-order valence-electron chi connectivity index (χ4n) is 3.13. The van der Waals surface area contributed by atoms with E-state index in [0.29, 0.717) is 4.90 Å². The maximum atomic E-state index is 12.7. The van der Waals surface area contributed by atoms with E-state index in [1.54, 1.807) is 19.2 Å². The van der Waals surface area contributed by atoms with Crippen LogP contribution in [0, 0.1) is 13.8 Å². The van der Waals surface area contributed by atoms with Gasteiger partial charge in [0.2, 0.25) is 10.0 Å². The second-order valence-electron chi connectivity index (χ2n) is 6.25. The predicted octanol–water partition coefficient (Wildman–Crippen LogP) is 3.70. The van der Waals surface area contributed by atoms with Crippen molar-refractivity contribution < 1.29 is 13.2 Å². The summed E-state index contributed by atoms with van der Waals surface area (Å²) in [6.45, 7) is 3.68. The molecule has 0 spiro atoms. The van der Waals surface area contributed by atoms with Crippen LogP contribution < -0.4 is 9.46 Å². The molecule has 1 aliphatic rings. The second-order valence-corrected chi connectivity index (χ2v) is 7.93. The molecule has 0 unspecified atom stereocenters. The number of ether oxygens (including phenoxy) is 1. The van der Waals surface area contributed by atoms with Crippen LogP contribution in [0.15, 0.2) is 17.0 Å². The highest BCUT2D eigenvalue weighted by Crippen LogP contribution is 2.26. The molecule has 1 aliphatic carbocycles. The molecule has 0 amide bonds. The van der Waals surface area contributed by atoms with Gasteiger partial charge in [0.1, 0.15) is 5.75 Å². The normalized spacial score (nSPS) is 17.8. The Labute approximate surface area is 134 Å². The zero-order valence-electron chi connectivity index (χ0n) is 13.8. The van der Waals surface area contributed by atoms with Crippen LogP contribution in [-0.4, -0.2) is 21.6 Å². The van der Waals surface area contributed by atoms with Gasteiger partial charge in [0.15, 0.2) is 0 Å². The summed E-state index contributed by atoms with van der Waals surface area (Å²) in [7, 11) is -1.87. The number of sulfonamides is 1. The van der Waals surface area contributed by atoms with Gasteiger partial charge in [0.05, 0.1) is 12.0 Å². The molecule has 5 heteroatoms. The lowest BCUT2D eigenvalue weighted by molar-refractivity contribution is 0.410. The first-order valence-electron chi connectivity index (χ1n) is 8.11. The maximum absolute atomic E-state index is 12.7. The number of methoxy groups -OCH3 is 1. The highest BCUT2D eigenvalue weighted by atomic mass is 32.2. The highest BCUT2D eigenvalue weighted by Gasteiger charge is 2.23. The summed E-state index contributed by atoms with van der Waals surface area (Å²) in [6, 6.07) is 3.56. The standard InChI is InChI=1S/C17H27NO3S/c1-13-12-17(14(2)11-16(13)21-3)22(19,20)18-15-9-7-5-4-6-8-10-15/h11-12,15,18H,4-10H2,1-3H3. The third kappa shape index (κ3) is 4.23. The number of benzene rings is 1. The van der Waals surface area contributed by atoms with Crippen LogP contribution in [-0.2, 0) is 10.0 Å². The van der Waals surface area contributed by atoms with Crippen LogP contribution in [0.4, 0.5) is 0 Å². The van der Waals surface area contributed by atoms with E-state index in [9.17, 15) is 8.42 Å². The van der Waals surface area contributed by atoms with Crippen LogP contribution in [0.5, 0.6) is 5.75 Å². The van der Waals surface area contributed by atoms with E-state index in [1.807, 2.05) is 13.8 Å². The molecule has 2 rings (SSSR count). The number of nitrogens with one attached hydrogen (secondary N) is 1. The number of rotatable bonds is 4. The van der Waals surface area contributed by atoms with Gasteiger partial charge in [-0.25, -0.2) is 13.1 Å². The highest BCUT2D eigenvalue weighted by molar-refractivity contribution is 7.89. The van der Waals surface area contributed by atoms with E-state index >= 15 is 0 Å². The minimum Gasteiger partial charge on any atom is -0.496 e. The Morgan fingerprint density at radius 2 is 1.59 bits per heavy atom. The largest absolute Gasteiger partial charge is 0.496 e. The van der Waals surface area contributed by atoms with Crippen LogP contribution in [0.25, 0.3) is 0 Å². The molecule has 0 saturated heterocycles. The van der Waals surface area contributed by atoms with Gasteiger partial charge in [-0.05, 0) is 49.9 Å². The fraction of sp³-hybridized carbons (Fsp3) is 0.647. The average molecular weight is 325 g/mol. The van der Waals surface area contributed by atoms with E-state index in [-0.39, 0.29) is 6.04 Å². The summed E-state index contributed by atoms with van der Waals surface area (Å²) in [5.41, 5.74) is 1.56. The van der Waals surface area contributed by atoms with Gasteiger partial charge in [0.25, 0.3) is 0 Å². The van der Waals surface area contributed by atoms with Gasteiger partial charge in [0, 0.05) is 6.04 Å². The van der Waals surface area contributed by atoms with E-state index < -0.39 is 10.0 Å². The van der Waals surface area contributed by atoms with Gasteiger partial charge < -0.3 is 4.74 Å². The Morgan fingerprint density at radius 3 is 2.18 bits per heavy atom. The summed E-state index contributed by atoms with van der Waals surface area (Å²) >= 11 is 0. The van der Waals surface area contributed by atoms with Crippen molar-refractivity contribution in [3.05, 3.63) is 23.3 Å². The molecule has 1 aromatic carbocycles. The van der Waals surface area contributed by atoms with Crippen LogP contribution in [0.2, 0.25) is 0 Å². The Hall–Kier alpha value is -1.07. The lowest BCUT2D eigenvalue weighted by Gasteiger charge is -2.22. The van der Waals surface area contributed by atoms with Crippen molar-refractivity contribution in [2.45, 2.75) is 69.7 Å². The van der Waals surface area contributed by atoms with Crippen molar-refractivity contribution in [3.63, 3.8) is 0 Å². The van der Waals surface area contributed by atoms with Crippen molar-refractivity contribution in [3.8, 4) is 5.75 Å². The monoisotopic (exact) mass is 325 g/mol. The Balaban J connectivity index is 2.20. The summed E-state index contributed by atoms with van der Waals surface area (Å²) in [5, 5.41) is 0. The SMILES string of the molecule is COc1cc(C)c(S(=O)(=O)NC2CCCCCCC2)cc1C. The molecule has 22 heavy (non-hydrogen) atoms. The average Bonchev–Trinajstić information content (AvgIpc) is 2.43. The third-order valence-electron chi connectivity index (χ3n) is 4.41. The minimum absolute atomic E-state index is 0.0621. The number of aryl methyl sites for hydroxylation is 2. The van der Waals surface area contributed by atoms with Crippen LogP contribution >= 0.6 is 0 Å². The lowest BCUT2D eigenvalue weighted by Crippen LogP contribution is -2.35. The molecule has 1 aromatic rings. The van der Waals surface area contributed by atoms with Gasteiger partial charge in [-0.15, -0.1) is 0 Å². The molecule has 1 fully saturated rings. The zero-order valence-corrected chi connectivity index (χ0v) is 14.6. The predicted molar refractivity (Wildman–Crippen MR) is 88.9 cm³/mol. The summed E-state index contributed by atoms with van der Waals surface area (Å²) in [6.07, 6.45) is 7.77. The van der Waals surface area contributed by atoms with E-state index in [2.05, 4.69) is 4.72 Å². The molecule has 0 radical (unpaired) electrons. The number of hydrogen-bond donors (Lipinski definition) is 1. The van der Waals surface area contributed by atoms with Crippen molar-refractivity contribution in [1.82, 2.24) is 4.72 Å². The van der Waals surface area contributed by atoms with Crippen molar-refractivity contribution in [2.75, 3.05) is 7.11 Å². The minimum atomic E-state index is -3.47. The van der Waals surface area contributed by atoms with Gasteiger partial charge in [-0.1, -0.05) is 32.1 Å². The van der Waals surface area contributed by atoms with E-state index in [1.165, 1.54) is 19.3 Å². The van der Waals surface area contributed by atoms with E-state index in [0.717, 1.165) is 42.6 Å². The summed E-state index contributed by atoms with van der Waals surface area (Å²) in [4.78, 5) is 0.368. The van der Waals surface area contributed by atoms with Crippen LogP contribution in [0.1, 0.15) is 56.1 Å². The Kier molecular flexibility index (Phi) is 5.87. The Morgan fingerprint density at radius 1 is 1.00 bits per heavy atom. The second kappa shape index (κ2) is 7.47. The molecule has 0 atom stereocenters. The van der Waals surface area contributed by atoms with Crippen molar-refractivity contribution in [2.24, 2.45) is 0 Å². The van der Waals surface area contributed by atoms with Crippen LogP contribution in [0.3, 0.4) is 0 Å².